The van der Waals surface area contributed by atoms with Crippen LogP contribution in [-0.2, 0) is 28.8 Å². The van der Waals surface area contributed by atoms with Gasteiger partial charge in [-0.25, -0.2) is 0 Å². The van der Waals surface area contributed by atoms with Crippen molar-refractivity contribution in [2.45, 2.75) is 181 Å². The molecule has 0 amide bonds. The smallest absolute Gasteiger partial charge is 0.303 e. The van der Waals surface area contributed by atoms with Crippen LogP contribution < -0.4 is 0 Å². The van der Waals surface area contributed by atoms with Crippen LogP contribution in [0, 0.1) is 57.2 Å². The highest BCUT2D eigenvalue weighted by molar-refractivity contribution is 5.92. The van der Waals surface area contributed by atoms with Gasteiger partial charge < -0.3 is 46.3 Å². The minimum atomic E-state index is -1.54. The molecule has 0 bridgehead atoms. The molecule has 0 heterocycles. The van der Waals surface area contributed by atoms with Crippen molar-refractivity contribution in [2.75, 3.05) is 13.2 Å². The Labute approximate surface area is 383 Å². The van der Waals surface area contributed by atoms with Crippen LogP contribution in [-0.4, -0.2) is 118 Å². The number of rotatable bonds is 8. The van der Waals surface area contributed by atoms with Gasteiger partial charge >= 0.3 is 11.9 Å². The van der Waals surface area contributed by atoms with Crippen molar-refractivity contribution in [2.24, 2.45) is 57.2 Å². The minimum Gasteiger partial charge on any atom is -0.481 e. The molecule has 0 unspecified atom stereocenters. The second-order valence-electron chi connectivity index (χ2n) is 21.4. The summed E-state index contributed by atoms with van der Waals surface area (Å²) >= 11 is 0. The fraction of sp³-hybridized carbons (Fsp3) is 0.800. The Balaban J connectivity index is 0.000000225. The van der Waals surface area contributed by atoms with Crippen LogP contribution >= 0.6 is 0 Å². The molecular formula is C50H78O15. The number of aliphatic hydroxyl groups is 6. The van der Waals surface area contributed by atoms with E-state index in [1.54, 1.807) is 12.2 Å². The van der Waals surface area contributed by atoms with E-state index >= 15 is 0 Å². The van der Waals surface area contributed by atoms with E-state index in [1.807, 2.05) is 27.7 Å². The van der Waals surface area contributed by atoms with E-state index in [9.17, 15) is 59.4 Å². The lowest BCUT2D eigenvalue weighted by Crippen LogP contribution is -2.62. The van der Waals surface area contributed by atoms with Gasteiger partial charge in [0.2, 0.25) is 0 Å². The summed E-state index contributed by atoms with van der Waals surface area (Å²) in [5.74, 6) is -1.14. The van der Waals surface area contributed by atoms with Gasteiger partial charge in [0, 0.05) is 36.5 Å². The molecule has 15 nitrogen and oxygen atoms in total. The Morgan fingerprint density at radius 3 is 1.20 bits per heavy atom. The molecule has 65 heavy (non-hydrogen) atoms. The van der Waals surface area contributed by atoms with Crippen LogP contribution in [0.5, 0.6) is 0 Å². The molecule has 0 aliphatic heterocycles. The summed E-state index contributed by atoms with van der Waals surface area (Å²) in [6.07, 6.45) is 13.5. The van der Waals surface area contributed by atoms with Crippen LogP contribution in [0.3, 0.4) is 0 Å². The van der Waals surface area contributed by atoms with E-state index in [4.69, 9.17) is 10.2 Å². The second kappa shape index (κ2) is 20.6. The Morgan fingerprint density at radius 1 is 0.585 bits per heavy atom. The number of carboxylic acid groups (broad SMARTS) is 2. The summed E-state index contributed by atoms with van der Waals surface area (Å²) < 4.78 is 0. The molecule has 15 heteroatoms. The topological polar surface area (TPSA) is 296 Å². The zero-order chi connectivity index (χ0) is 47.8. The first kappa shape index (κ1) is 54.4. The molecule has 0 aromatic rings. The number of hydrogen-bond acceptors (Lipinski definition) is 12. The van der Waals surface area contributed by atoms with E-state index in [1.165, 1.54) is 11.1 Å². The number of ketones is 4. The van der Waals surface area contributed by atoms with Gasteiger partial charge in [-0.2, -0.15) is 0 Å². The number of hydrogen-bond donors (Lipinski definition) is 8. The Kier molecular flexibility index (Phi) is 17.2. The van der Waals surface area contributed by atoms with Crippen molar-refractivity contribution in [1.82, 2.24) is 0 Å². The van der Waals surface area contributed by atoms with Crippen LogP contribution in [0.25, 0.3) is 0 Å². The number of fused-ring (bicyclic) bond motifs is 10. The third-order valence-corrected chi connectivity index (χ3v) is 18.2. The highest BCUT2D eigenvalue weighted by Crippen LogP contribution is 2.69. The number of carbonyl (C=O) groups excluding carboxylic acids is 4. The Bertz CT molecular complexity index is 1740. The van der Waals surface area contributed by atoms with E-state index in [2.05, 4.69) is 13.8 Å². The summed E-state index contributed by atoms with van der Waals surface area (Å²) in [5.41, 5.74) is -2.46. The van der Waals surface area contributed by atoms with Gasteiger partial charge in [-0.05, 0) is 148 Å². The first-order chi connectivity index (χ1) is 29.9. The molecule has 6 fully saturated rings. The average molecular weight is 919 g/mol. The third-order valence-electron chi connectivity index (χ3n) is 18.2. The van der Waals surface area contributed by atoms with Crippen molar-refractivity contribution in [3.05, 3.63) is 23.3 Å². The lowest BCUT2D eigenvalue weighted by molar-refractivity contribution is -0.182. The zero-order valence-corrected chi connectivity index (χ0v) is 39.4. The monoisotopic (exact) mass is 919 g/mol. The summed E-state index contributed by atoms with van der Waals surface area (Å²) in [6, 6.07) is 0. The summed E-state index contributed by atoms with van der Waals surface area (Å²) in [6.45, 7) is 10.6. The summed E-state index contributed by atoms with van der Waals surface area (Å²) in [4.78, 5) is 67.7. The average Bonchev–Trinajstić information content (AvgIpc) is 3.66. The number of aliphatic carboxylic acids is 2. The van der Waals surface area contributed by atoms with Gasteiger partial charge in [-0.1, -0.05) is 52.7 Å². The molecule has 10 N–H and O–H groups in total. The molecule has 8 aliphatic rings. The molecule has 8 aliphatic carbocycles. The fourth-order valence-electron chi connectivity index (χ4n) is 15.0. The summed E-state index contributed by atoms with van der Waals surface area (Å²) in [5, 5.41) is 79.3. The van der Waals surface area contributed by atoms with Crippen LogP contribution in [0.4, 0.5) is 0 Å². The molecule has 0 aromatic heterocycles. The number of Topliss-reactive ketones (excluding diaryl/α,β-unsaturated/α-hetero) is 2. The largest absolute Gasteiger partial charge is 0.481 e. The molecule has 8 rings (SSSR count). The summed E-state index contributed by atoms with van der Waals surface area (Å²) in [7, 11) is 0. The number of aliphatic hydroxyl groups excluding tert-OH is 4. The minimum absolute atomic E-state index is 0. The van der Waals surface area contributed by atoms with Crippen molar-refractivity contribution in [3.8, 4) is 0 Å². The van der Waals surface area contributed by atoms with Crippen LogP contribution in [0.15, 0.2) is 23.3 Å². The van der Waals surface area contributed by atoms with E-state index in [-0.39, 0.29) is 63.4 Å². The molecule has 0 spiro atoms. The maximum absolute atomic E-state index is 12.4. The van der Waals surface area contributed by atoms with Crippen molar-refractivity contribution < 1.29 is 75.1 Å². The van der Waals surface area contributed by atoms with Gasteiger partial charge in [0.1, 0.15) is 24.4 Å². The SMILES string of the molecule is CCCC(=O)O.CCCC(=O)O.C[C@]12CCC(=O)C=C1CC[C@@H]1[C@@H]2[C@@H](O)C[C@@]2(C)[C@H]1CC[C@]2(O)C(=O)CO.C[C@]12CCC(=O)C=C1CC[C@@H]1[C@@H]2[C@@H](O)C[C@@]2(C)[C@H]1CC[C@]2(O)C(=O)CO.O. The van der Waals surface area contributed by atoms with Gasteiger partial charge in [0.25, 0.3) is 0 Å². The maximum atomic E-state index is 12.4. The number of carboxylic acids is 2. The highest BCUT2D eigenvalue weighted by Gasteiger charge is 2.70. The first-order valence-corrected chi connectivity index (χ1v) is 23.9. The van der Waals surface area contributed by atoms with Crippen LogP contribution in [0.2, 0.25) is 0 Å². The van der Waals surface area contributed by atoms with Crippen molar-refractivity contribution >= 4 is 35.1 Å². The molecule has 0 aromatic carbocycles. The van der Waals surface area contributed by atoms with Crippen LogP contribution in [0.1, 0.15) is 157 Å². The molecular weight excluding hydrogens is 841 g/mol. The Hall–Kier alpha value is -3.18. The number of allylic oxidation sites excluding steroid dienone is 2. The predicted molar refractivity (Wildman–Crippen MR) is 239 cm³/mol. The quantitative estimate of drug-likeness (QED) is 0.167. The fourth-order valence-corrected chi connectivity index (χ4v) is 15.0. The zero-order valence-electron chi connectivity index (χ0n) is 39.4. The normalized spacial score (nSPS) is 41.9. The van der Waals surface area contributed by atoms with Gasteiger partial charge in [0.15, 0.2) is 23.1 Å². The van der Waals surface area contributed by atoms with Crippen molar-refractivity contribution in [3.63, 3.8) is 0 Å². The molecule has 368 valence electrons. The standard InChI is InChI=1S/2C21H30O5.2C4H8O2.H2O/c2*1-19-7-5-13(23)9-12(19)3-4-14-15-6-8-21(26,17(25)11-22)20(15,2)10-16(24)18(14)19;2*1-2-3-4(5)6;/h2*9,14-16,18,22,24,26H,3-8,10-11H2,1-2H3;2*2-3H2,1H3,(H,5,6);1H2/t2*14-,15-,16-,18+,19-,20-,21-;;;/m00.../s1. The first-order valence-electron chi connectivity index (χ1n) is 23.9. The molecule has 14 atom stereocenters. The second-order valence-corrected chi connectivity index (χ2v) is 21.4. The predicted octanol–water partition coefficient (Wildman–Crippen LogP) is 4.48. The highest BCUT2D eigenvalue weighted by atomic mass is 16.4. The van der Waals surface area contributed by atoms with E-state index in [0.29, 0.717) is 51.4 Å². The molecule has 6 saturated carbocycles. The van der Waals surface area contributed by atoms with E-state index in [0.717, 1.165) is 64.2 Å². The van der Waals surface area contributed by atoms with Gasteiger partial charge in [0.05, 0.1) is 12.2 Å². The Morgan fingerprint density at radius 2 is 0.923 bits per heavy atom. The number of carbonyl (C=O) groups is 6. The van der Waals surface area contributed by atoms with Gasteiger partial charge in [-0.3, -0.25) is 28.8 Å². The van der Waals surface area contributed by atoms with Crippen molar-refractivity contribution in [1.29, 1.82) is 0 Å². The maximum Gasteiger partial charge on any atom is 0.303 e. The molecule has 0 radical (unpaired) electrons. The third kappa shape index (κ3) is 9.50. The van der Waals surface area contributed by atoms with Gasteiger partial charge in [-0.15, -0.1) is 0 Å². The molecule has 0 saturated heterocycles. The lowest BCUT2D eigenvalue weighted by atomic mass is 9.45. The van der Waals surface area contributed by atoms with E-state index < -0.39 is 71.0 Å². The lowest BCUT2D eigenvalue weighted by Gasteiger charge is -2.60.